The highest BCUT2D eigenvalue weighted by atomic mass is 32.2. The lowest BCUT2D eigenvalue weighted by Crippen LogP contribution is -2.12. The first-order valence-electron chi connectivity index (χ1n) is 9.79. The summed E-state index contributed by atoms with van der Waals surface area (Å²) in [6.45, 7) is 0. The zero-order chi connectivity index (χ0) is 24.0. The first kappa shape index (κ1) is 23.8. The second-order valence-electron chi connectivity index (χ2n) is 6.86. The van der Waals surface area contributed by atoms with E-state index in [9.17, 15) is 13.5 Å². The number of benzene rings is 3. The fourth-order valence-corrected chi connectivity index (χ4v) is 4.22. The average molecular weight is 472 g/mol. The highest BCUT2D eigenvalue weighted by molar-refractivity contribution is 7.92. The Bertz CT molecular complexity index is 1240. The highest BCUT2D eigenvalue weighted by Gasteiger charge is 2.17. The topological polar surface area (TPSA) is 103 Å². The molecule has 0 atom stereocenters. The number of hydrogen-bond donors (Lipinski definition) is 2. The number of phenolic OH excluding ortho intramolecular Hbond substituents is 1. The summed E-state index contributed by atoms with van der Waals surface area (Å²) >= 11 is 0. The van der Waals surface area contributed by atoms with E-state index in [1.807, 2.05) is 18.2 Å². The van der Waals surface area contributed by atoms with E-state index in [-0.39, 0.29) is 16.4 Å². The van der Waals surface area contributed by atoms with Crippen LogP contribution < -0.4 is 23.7 Å². The SMILES string of the molecule is COc1ccc(S(=O)(=O)Nc2cccc(C=Cc3cc(OC)c(OC)c(OC)c3)c2)cc1O. The van der Waals surface area contributed by atoms with Crippen molar-refractivity contribution in [3.63, 3.8) is 0 Å². The van der Waals surface area contributed by atoms with Crippen molar-refractivity contribution >= 4 is 27.9 Å². The Kier molecular flexibility index (Phi) is 7.34. The van der Waals surface area contributed by atoms with Crippen molar-refractivity contribution in [2.75, 3.05) is 33.2 Å². The van der Waals surface area contributed by atoms with E-state index in [4.69, 9.17) is 18.9 Å². The summed E-state index contributed by atoms with van der Waals surface area (Å²) < 4.78 is 49.0. The van der Waals surface area contributed by atoms with Gasteiger partial charge in [0.2, 0.25) is 5.75 Å². The normalized spacial score (nSPS) is 11.3. The fraction of sp³-hybridized carbons (Fsp3) is 0.167. The molecule has 3 aromatic carbocycles. The molecule has 0 saturated heterocycles. The predicted molar refractivity (Wildman–Crippen MR) is 127 cm³/mol. The summed E-state index contributed by atoms with van der Waals surface area (Å²) in [5.74, 6) is 1.48. The van der Waals surface area contributed by atoms with Crippen LogP contribution >= 0.6 is 0 Å². The number of rotatable bonds is 9. The zero-order valence-corrected chi connectivity index (χ0v) is 19.5. The second-order valence-corrected chi connectivity index (χ2v) is 8.54. The molecule has 0 aliphatic rings. The molecule has 33 heavy (non-hydrogen) atoms. The molecule has 3 rings (SSSR count). The maximum absolute atomic E-state index is 12.7. The van der Waals surface area contributed by atoms with Crippen LogP contribution in [0.15, 0.2) is 59.5 Å². The Hall–Kier alpha value is -3.85. The molecule has 0 unspecified atom stereocenters. The van der Waals surface area contributed by atoms with Crippen molar-refractivity contribution in [1.82, 2.24) is 0 Å². The lowest BCUT2D eigenvalue weighted by atomic mass is 10.1. The van der Waals surface area contributed by atoms with E-state index in [1.165, 1.54) is 26.4 Å². The van der Waals surface area contributed by atoms with E-state index in [2.05, 4.69) is 4.72 Å². The molecule has 9 heteroatoms. The summed E-state index contributed by atoms with van der Waals surface area (Å²) in [6.07, 6.45) is 3.68. The summed E-state index contributed by atoms with van der Waals surface area (Å²) in [5.41, 5.74) is 1.95. The molecule has 8 nitrogen and oxygen atoms in total. The van der Waals surface area contributed by atoms with Crippen LogP contribution in [0.1, 0.15) is 11.1 Å². The quantitative estimate of drug-likeness (QED) is 0.446. The maximum Gasteiger partial charge on any atom is 0.262 e. The monoisotopic (exact) mass is 471 g/mol. The summed E-state index contributed by atoms with van der Waals surface area (Å²) in [6, 6.07) is 14.4. The molecule has 0 amide bonds. The third-order valence-corrected chi connectivity index (χ3v) is 6.13. The van der Waals surface area contributed by atoms with Gasteiger partial charge >= 0.3 is 0 Å². The molecule has 0 saturated carbocycles. The van der Waals surface area contributed by atoms with Gasteiger partial charge in [-0.15, -0.1) is 0 Å². The van der Waals surface area contributed by atoms with Gasteiger partial charge in [0.1, 0.15) is 0 Å². The number of nitrogens with one attached hydrogen (secondary N) is 1. The molecule has 2 N–H and O–H groups in total. The Morgan fingerprint density at radius 2 is 1.39 bits per heavy atom. The summed E-state index contributed by atoms with van der Waals surface area (Å²) in [4.78, 5) is -0.0841. The Morgan fingerprint density at radius 1 is 0.758 bits per heavy atom. The van der Waals surface area contributed by atoms with Crippen LogP contribution in [-0.2, 0) is 10.0 Å². The smallest absolute Gasteiger partial charge is 0.262 e. The van der Waals surface area contributed by atoms with Gasteiger partial charge in [-0.25, -0.2) is 8.42 Å². The van der Waals surface area contributed by atoms with Gasteiger partial charge in [0, 0.05) is 11.8 Å². The van der Waals surface area contributed by atoms with Gasteiger partial charge in [-0.05, 0) is 47.5 Å². The molecule has 174 valence electrons. The van der Waals surface area contributed by atoms with Crippen LogP contribution in [0, 0.1) is 0 Å². The predicted octanol–water partition coefficient (Wildman–Crippen LogP) is 4.40. The number of ether oxygens (including phenoxy) is 4. The third kappa shape index (κ3) is 5.50. The van der Waals surface area contributed by atoms with Gasteiger partial charge < -0.3 is 24.1 Å². The van der Waals surface area contributed by atoms with Crippen molar-refractivity contribution in [1.29, 1.82) is 0 Å². The van der Waals surface area contributed by atoms with Crippen LogP contribution in [0.25, 0.3) is 12.2 Å². The first-order valence-corrected chi connectivity index (χ1v) is 11.3. The molecular formula is C24H25NO7S. The lowest BCUT2D eigenvalue weighted by molar-refractivity contribution is 0.324. The zero-order valence-electron chi connectivity index (χ0n) is 18.7. The van der Waals surface area contributed by atoms with E-state index in [1.54, 1.807) is 44.6 Å². The van der Waals surface area contributed by atoms with Gasteiger partial charge in [0.15, 0.2) is 23.0 Å². The van der Waals surface area contributed by atoms with Crippen LogP contribution in [0.2, 0.25) is 0 Å². The molecule has 0 aliphatic carbocycles. The Balaban J connectivity index is 1.84. The summed E-state index contributed by atoms with van der Waals surface area (Å²) in [5, 5.41) is 9.90. The van der Waals surface area contributed by atoms with E-state index in [0.717, 1.165) is 17.2 Å². The molecular weight excluding hydrogens is 446 g/mol. The van der Waals surface area contributed by atoms with Crippen LogP contribution in [0.5, 0.6) is 28.7 Å². The summed E-state index contributed by atoms with van der Waals surface area (Å²) in [7, 11) is 2.11. The average Bonchev–Trinajstić information content (AvgIpc) is 2.81. The van der Waals surface area contributed by atoms with Gasteiger partial charge in [-0.2, -0.15) is 0 Å². The van der Waals surface area contributed by atoms with Crippen LogP contribution in [0.3, 0.4) is 0 Å². The number of hydrogen-bond acceptors (Lipinski definition) is 7. The van der Waals surface area contributed by atoms with Crippen molar-refractivity contribution in [2.45, 2.75) is 4.90 Å². The van der Waals surface area contributed by atoms with Gasteiger partial charge in [-0.3, -0.25) is 4.72 Å². The standard InChI is InChI=1S/C24H25NO7S/c1-29-21-11-10-19(15-20(21)26)33(27,28)25-18-7-5-6-16(12-18)8-9-17-13-22(30-2)24(32-4)23(14-17)31-3/h5-15,25-26H,1-4H3. The number of aromatic hydroxyl groups is 1. The van der Waals surface area contributed by atoms with Gasteiger partial charge in [0.25, 0.3) is 10.0 Å². The van der Waals surface area contributed by atoms with E-state index < -0.39 is 10.0 Å². The largest absolute Gasteiger partial charge is 0.504 e. The number of sulfonamides is 1. The minimum absolute atomic E-state index is 0.0841. The van der Waals surface area contributed by atoms with Crippen molar-refractivity contribution in [2.24, 2.45) is 0 Å². The molecule has 0 radical (unpaired) electrons. The number of methoxy groups -OCH3 is 4. The third-order valence-electron chi connectivity index (χ3n) is 4.75. The molecule has 0 aromatic heterocycles. The van der Waals surface area contributed by atoms with Crippen LogP contribution in [0.4, 0.5) is 5.69 Å². The molecule has 0 heterocycles. The van der Waals surface area contributed by atoms with E-state index >= 15 is 0 Å². The number of phenols is 1. The van der Waals surface area contributed by atoms with Crippen molar-refractivity contribution < 1.29 is 32.5 Å². The fourth-order valence-electron chi connectivity index (χ4n) is 3.15. The highest BCUT2D eigenvalue weighted by Crippen LogP contribution is 2.38. The van der Waals surface area contributed by atoms with Gasteiger partial charge in [0.05, 0.1) is 33.3 Å². The molecule has 0 fully saturated rings. The molecule has 3 aromatic rings. The van der Waals surface area contributed by atoms with Crippen LogP contribution in [-0.4, -0.2) is 42.0 Å². The van der Waals surface area contributed by atoms with Gasteiger partial charge in [-0.1, -0.05) is 24.3 Å². The second kappa shape index (κ2) is 10.2. The maximum atomic E-state index is 12.7. The van der Waals surface area contributed by atoms with E-state index in [0.29, 0.717) is 22.9 Å². The molecule has 0 bridgehead atoms. The molecule has 0 aliphatic heterocycles. The Morgan fingerprint density at radius 3 is 1.97 bits per heavy atom. The number of anilines is 1. The first-order chi connectivity index (χ1) is 15.8. The van der Waals surface area contributed by atoms with Crippen molar-refractivity contribution in [3.05, 3.63) is 65.7 Å². The Labute approximate surface area is 193 Å². The lowest BCUT2D eigenvalue weighted by Gasteiger charge is -2.13. The molecule has 0 spiro atoms. The minimum Gasteiger partial charge on any atom is -0.504 e. The van der Waals surface area contributed by atoms with Crippen molar-refractivity contribution in [3.8, 4) is 28.7 Å². The minimum atomic E-state index is -3.91.